The molecule has 9 heterocycles. The molecule has 0 fully saturated rings. The number of hydrogen-bond acceptors (Lipinski definition) is 8. The van der Waals surface area contributed by atoms with Crippen molar-refractivity contribution >= 4 is 145 Å². The maximum Gasteiger partial charge on any atom is 0.225 e. The van der Waals surface area contributed by atoms with E-state index in [9.17, 15) is 0 Å². The predicted molar refractivity (Wildman–Crippen MR) is 618 cm³/mol. The second-order valence-corrected chi connectivity index (χ2v) is 41.3. The van der Waals surface area contributed by atoms with E-state index in [0.29, 0.717) is 33.3 Å². The van der Waals surface area contributed by atoms with Crippen LogP contribution in [0.3, 0.4) is 0 Å². The standard InChI is InChI=1S/C40H34ClN3.C40H33N3.C34H30ClN3.C16H8Cl3N3/c1-23-19-25(3)35(26(4)20-23)38-37(31-15-7-10-16-32(31)41)40(43-39(42-38)36-27(5)21-24(2)22-28(36)6)44-33-17-11-8-13-29(33)30-14-9-12-18-34(30)44;1-22-18-24(3)34(25(4)19-22)37-36-30-14-8-7-12-28(30)31-15-11-16-32-29-13-9-10-17-33(29)43(38(31)32)40(36)42-39(41-37)35-26(5)20-23(2)21-27(35)6;1-19-15-21(3)29(22(4)16-19)32-31(35)34(37-33(36-32)30-23(5)17-20(2)18-24(30)6)38-27-13-9-7-11-25(27)26-12-8-10-14-28(26)38;17-13-14(18)20-16(19)21-15(13)22-11-7-3-1-5-9(11)10-6-2-4-8-12(10)22/h7-22H,1-6H3;7-21H,1-6H3;7-18H,1-6H3;1-8H. The van der Waals surface area contributed by atoms with Gasteiger partial charge in [-0.1, -0.05) is 341 Å². The van der Waals surface area contributed by atoms with E-state index >= 15 is 0 Å². The summed E-state index contributed by atoms with van der Waals surface area (Å²) < 4.78 is 8.85. The maximum atomic E-state index is 7.34. The number of aromatic nitrogens is 12. The van der Waals surface area contributed by atoms with Crippen LogP contribution in [0.5, 0.6) is 0 Å². The minimum absolute atomic E-state index is 0.0614. The first-order valence-corrected chi connectivity index (χ1v) is 51.5. The van der Waals surface area contributed by atoms with E-state index in [1.807, 2.05) is 59.2 Å². The molecule has 0 atom stereocenters. The van der Waals surface area contributed by atoms with Gasteiger partial charge in [0, 0.05) is 92.6 Å². The summed E-state index contributed by atoms with van der Waals surface area (Å²) in [4.78, 5) is 40.6. The summed E-state index contributed by atoms with van der Waals surface area (Å²) in [6.07, 6.45) is 0. The van der Waals surface area contributed by atoms with Gasteiger partial charge in [0.1, 0.15) is 21.7 Å². The predicted octanol–water partition coefficient (Wildman–Crippen LogP) is 36.4. The number of aryl methyl sites for hydroxylation is 18. The molecule has 0 bridgehead atoms. The van der Waals surface area contributed by atoms with Crippen molar-refractivity contribution in [1.29, 1.82) is 0 Å². The van der Waals surface area contributed by atoms with Gasteiger partial charge in [-0.05, 0) is 263 Å². The Morgan fingerprint density at radius 1 is 0.184 bits per heavy atom. The lowest BCUT2D eigenvalue weighted by Gasteiger charge is -2.22. The summed E-state index contributed by atoms with van der Waals surface area (Å²) in [5.74, 6) is 5.09. The van der Waals surface area contributed by atoms with E-state index in [1.165, 1.54) is 121 Å². The van der Waals surface area contributed by atoms with Crippen LogP contribution in [0.1, 0.15) is 100 Å². The summed E-state index contributed by atoms with van der Waals surface area (Å²) in [5, 5.41) is 11.1. The third kappa shape index (κ3) is 16.9. The molecule has 0 radical (unpaired) electrons. The monoisotopic (exact) mass is 2010 g/mol. The molecule has 0 N–H and O–H groups in total. The summed E-state index contributed by atoms with van der Waals surface area (Å²) in [5.41, 5.74) is 45.9. The normalized spacial score (nSPS) is 11.6. The zero-order chi connectivity index (χ0) is 102. The Labute approximate surface area is 880 Å². The molecule has 0 amide bonds. The molecular formula is C130H105Cl5N12. The van der Waals surface area contributed by atoms with Gasteiger partial charge in [0.05, 0.1) is 72.3 Å². The van der Waals surface area contributed by atoms with Crippen molar-refractivity contribution in [2.75, 3.05) is 0 Å². The molecular weight excluding hydrogens is 1910 g/mol. The lowest BCUT2D eigenvalue weighted by atomic mass is 9.89. The van der Waals surface area contributed by atoms with Gasteiger partial charge in [0.25, 0.3) is 0 Å². The van der Waals surface area contributed by atoms with Crippen molar-refractivity contribution in [3.05, 3.63) is 435 Å². The van der Waals surface area contributed by atoms with Crippen molar-refractivity contribution in [2.24, 2.45) is 0 Å². The van der Waals surface area contributed by atoms with E-state index in [0.717, 1.165) is 167 Å². The van der Waals surface area contributed by atoms with Crippen LogP contribution in [0, 0.1) is 125 Å². The molecule has 25 rings (SSSR count). The average Bonchev–Trinajstić information content (AvgIpc) is 1.55. The molecule has 24 aromatic rings. The fourth-order valence-corrected chi connectivity index (χ4v) is 24.5. The molecule has 17 heteroatoms. The Bertz CT molecular complexity index is 9330. The number of benzene rings is 16. The first kappa shape index (κ1) is 96.3. The van der Waals surface area contributed by atoms with Gasteiger partial charge in [-0.2, -0.15) is 4.98 Å². The molecule has 8 aromatic heterocycles. The molecule has 1 aliphatic rings. The second kappa shape index (κ2) is 38.5. The average molecular weight is 2010 g/mol. The lowest BCUT2D eigenvalue weighted by molar-refractivity contribution is 1.04. The number of rotatable bonds is 10. The van der Waals surface area contributed by atoms with Gasteiger partial charge in [-0.3, -0.25) is 18.3 Å². The Morgan fingerprint density at radius 3 is 0.782 bits per heavy atom. The third-order valence-corrected chi connectivity index (χ3v) is 30.3. The van der Waals surface area contributed by atoms with Gasteiger partial charge in [-0.15, -0.1) is 0 Å². The highest BCUT2D eigenvalue weighted by Crippen LogP contribution is 2.53. The first-order valence-electron chi connectivity index (χ1n) is 49.6. The minimum Gasteiger partial charge on any atom is -0.293 e. The van der Waals surface area contributed by atoms with E-state index in [2.05, 4.69) is 403 Å². The quantitative estimate of drug-likeness (QED) is 0.0980. The van der Waals surface area contributed by atoms with Gasteiger partial charge < -0.3 is 0 Å². The zero-order valence-corrected chi connectivity index (χ0v) is 89.0. The molecule has 12 nitrogen and oxygen atoms in total. The third-order valence-electron chi connectivity index (χ3n) is 28.7. The number of para-hydroxylation sites is 8. The molecule has 147 heavy (non-hydrogen) atoms. The van der Waals surface area contributed by atoms with Gasteiger partial charge in [0.15, 0.2) is 34.3 Å². The highest BCUT2D eigenvalue weighted by Gasteiger charge is 2.34. The topological polar surface area (TPSA) is 123 Å². The molecule has 16 aromatic carbocycles. The Kier molecular flexibility index (Phi) is 25.2. The zero-order valence-electron chi connectivity index (χ0n) is 85.2. The minimum atomic E-state index is 0.0614. The first-order chi connectivity index (χ1) is 70.9. The Hall–Kier alpha value is -15.5. The summed E-state index contributed by atoms with van der Waals surface area (Å²) >= 11 is 32.7. The Balaban J connectivity index is 0.000000114. The van der Waals surface area contributed by atoms with Crippen molar-refractivity contribution in [3.8, 4) is 125 Å². The van der Waals surface area contributed by atoms with E-state index in [1.54, 1.807) is 0 Å². The van der Waals surface area contributed by atoms with Crippen LogP contribution < -0.4 is 0 Å². The molecule has 0 saturated carbocycles. The fourth-order valence-electron chi connectivity index (χ4n) is 23.5. The smallest absolute Gasteiger partial charge is 0.225 e. The number of halogens is 5. The van der Waals surface area contributed by atoms with Gasteiger partial charge >= 0.3 is 0 Å². The fraction of sp³-hybridized carbons (Fsp3) is 0.138. The van der Waals surface area contributed by atoms with Crippen LogP contribution in [0.15, 0.2) is 309 Å². The summed E-state index contributed by atoms with van der Waals surface area (Å²) in [6, 6.07) is 109. The van der Waals surface area contributed by atoms with Gasteiger partial charge in [-0.25, -0.2) is 34.9 Å². The molecule has 0 spiro atoms. The number of fused-ring (bicyclic) bond motifs is 17. The van der Waals surface area contributed by atoms with E-state index < -0.39 is 0 Å². The van der Waals surface area contributed by atoms with Crippen LogP contribution in [-0.4, -0.2) is 58.1 Å². The van der Waals surface area contributed by atoms with E-state index in [-0.39, 0.29) is 15.5 Å². The largest absolute Gasteiger partial charge is 0.293 e. The molecule has 0 saturated heterocycles. The molecule has 1 aliphatic heterocycles. The van der Waals surface area contributed by atoms with Crippen molar-refractivity contribution in [3.63, 3.8) is 0 Å². The lowest BCUT2D eigenvalue weighted by Crippen LogP contribution is -2.09. The summed E-state index contributed by atoms with van der Waals surface area (Å²) in [7, 11) is 0. The second-order valence-electron chi connectivity index (χ2n) is 39.5. The highest BCUT2D eigenvalue weighted by molar-refractivity contribution is 6.43. The maximum absolute atomic E-state index is 7.34. The highest BCUT2D eigenvalue weighted by atomic mass is 35.5. The number of hydrogen-bond donors (Lipinski definition) is 0. The van der Waals surface area contributed by atoms with Crippen LogP contribution in [0.25, 0.3) is 212 Å². The van der Waals surface area contributed by atoms with Crippen molar-refractivity contribution < 1.29 is 0 Å². The van der Waals surface area contributed by atoms with Crippen LogP contribution in [0.2, 0.25) is 25.5 Å². The van der Waals surface area contributed by atoms with Crippen LogP contribution in [0.4, 0.5) is 0 Å². The SMILES string of the molecule is Cc1cc(C)c(-c2nc(-c3c(C)cc(C)cc3C)c(-c3ccccc3Cl)c(-n3c4ccccc4c4ccccc43)n2)c(C)c1.Cc1cc(C)c(-c2nc(-c3c(C)cc(C)cc3C)c(Cl)c(-n3c4ccccc4c4ccccc43)n2)c(C)c1.Cc1cc(C)c(-c2nc(-c3c(C)cc(C)cc3C)c3c(n2)-n2c4ccccc4c4cccc(c42)-c2ccccc2-3)c(C)c1.Clc1nc(Cl)c(Cl)c(-n2c3ccccc3c3ccccc32)n1. The summed E-state index contributed by atoms with van der Waals surface area (Å²) in [6.45, 7) is 38.9. The van der Waals surface area contributed by atoms with Crippen LogP contribution >= 0.6 is 58.0 Å². The van der Waals surface area contributed by atoms with E-state index in [4.69, 9.17) is 87.9 Å². The molecule has 0 unspecified atom stereocenters. The Morgan fingerprint density at radius 2 is 0.429 bits per heavy atom. The van der Waals surface area contributed by atoms with Crippen molar-refractivity contribution in [1.82, 2.24) is 58.1 Å². The molecule has 720 valence electrons. The van der Waals surface area contributed by atoms with Gasteiger partial charge in [0.2, 0.25) is 5.28 Å². The van der Waals surface area contributed by atoms with Crippen LogP contribution in [-0.2, 0) is 0 Å². The molecule has 0 aliphatic carbocycles. The van der Waals surface area contributed by atoms with Crippen molar-refractivity contribution in [2.45, 2.75) is 125 Å². The number of nitrogens with zero attached hydrogens (tertiary/aromatic N) is 12.